The molecular formula is C6H10N4O. The van der Waals surface area contributed by atoms with Gasteiger partial charge in [-0.2, -0.15) is 5.10 Å². The molecule has 0 atom stereocenters. The van der Waals surface area contributed by atoms with Gasteiger partial charge in [-0.25, -0.2) is 9.89 Å². The molecule has 0 radical (unpaired) electrons. The smallest absolute Gasteiger partial charge is 0.296 e. The van der Waals surface area contributed by atoms with Crippen LogP contribution in [-0.2, 0) is 6.54 Å². The summed E-state index contributed by atoms with van der Waals surface area (Å²) in [6.07, 6.45) is 1.26. The van der Waals surface area contributed by atoms with Crippen molar-refractivity contribution in [3.05, 3.63) is 16.3 Å². The summed E-state index contributed by atoms with van der Waals surface area (Å²) < 4.78 is 0. The molecule has 0 spiro atoms. The van der Waals surface area contributed by atoms with Crippen molar-refractivity contribution in [3.8, 4) is 0 Å². The molecule has 5 nitrogen and oxygen atoms in total. The van der Waals surface area contributed by atoms with Gasteiger partial charge in [0.25, 0.3) is 0 Å². The Kier molecular flexibility index (Phi) is 1.50. The van der Waals surface area contributed by atoms with E-state index < -0.39 is 0 Å². The van der Waals surface area contributed by atoms with Crippen LogP contribution in [0.2, 0.25) is 0 Å². The minimum Gasteiger partial charge on any atom is -0.296 e. The lowest BCUT2D eigenvalue weighted by Gasteiger charge is -2.29. The fraction of sp³-hybridized carbons (Fsp3) is 0.667. The standard InChI is InChI=1S/C6H10N4O/c11-6-7-5(8-9-6)4-10-2-1-3-10/h1-4H2,(H2,7,8,9,11). The fourth-order valence-corrected chi connectivity index (χ4v) is 1.13. The van der Waals surface area contributed by atoms with Crippen molar-refractivity contribution in [2.45, 2.75) is 13.0 Å². The molecule has 1 aliphatic heterocycles. The average molecular weight is 154 g/mol. The SMILES string of the molecule is O=c1[nH]nc(CN2CCC2)[nH]1. The molecule has 0 amide bonds. The summed E-state index contributed by atoms with van der Waals surface area (Å²) in [4.78, 5) is 15.4. The number of hydrogen-bond donors (Lipinski definition) is 2. The van der Waals surface area contributed by atoms with Crippen LogP contribution in [0.5, 0.6) is 0 Å². The van der Waals surface area contributed by atoms with Gasteiger partial charge in [0.1, 0.15) is 5.82 Å². The lowest BCUT2D eigenvalue weighted by atomic mass is 10.2. The van der Waals surface area contributed by atoms with Gasteiger partial charge in [0, 0.05) is 0 Å². The first kappa shape index (κ1) is 6.60. The van der Waals surface area contributed by atoms with E-state index in [1.54, 1.807) is 0 Å². The molecule has 1 saturated heterocycles. The van der Waals surface area contributed by atoms with Crippen LogP contribution < -0.4 is 5.69 Å². The summed E-state index contributed by atoms with van der Waals surface area (Å²) in [7, 11) is 0. The van der Waals surface area contributed by atoms with E-state index in [-0.39, 0.29) is 5.69 Å². The maximum Gasteiger partial charge on any atom is 0.340 e. The minimum atomic E-state index is -0.222. The molecule has 0 unspecified atom stereocenters. The predicted octanol–water partition coefficient (Wildman–Crippen LogP) is -0.696. The predicted molar refractivity (Wildman–Crippen MR) is 39.1 cm³/mol. The highest BCUT2D eigenvalue weighted by Crippen LogP contribution is 2.07. The van der Waals surface area contributed by atoms with Crippen LogP contribution in [0.1, 0.15) is 12.2 Å². The summed E-state index contributed by atoms with van der Waals surface area (Å²) >= 11 is 0. The number of H-pyrrole nitrogens is 2. The van der Waals surface area contributed by atoms with Gasteiger partial charge in [-0.05, 0) is 19.5 Å². The van der Waals surface area contributed by atoms with Crippen molar-refractivity contribution < 1.29 is 0 Å². The number of aromatic amines is 2. The molecule has 0 saturated carbocycles. The third kappa shape index (κ3) is 1.32. The highest BCUT2D eigenvalue weighted by Gasteiger charge is 2.14. The molecule has 1 aliphatic rings. The van der Waals surface area contributed by atoms with Crippen LogP contribution in [0.15, 0.2) is 4.79 Å². The second kappa shape index (κ2) is 2.50. The van der Waals surface area contributed by atoms with Crippen LogP contribution >= 0.6 is 0 Å². The van der Waals surface area contributed by atoms with Crippen LogP contribution in [-0.4, -0.2) is 33.2 Å². The van der Waals surface area contributed by atoms with Crippen molar-refractivity contribution in [1.29, 1.82) is 0 Å². The third-order valence-corrected chi connectivity index (χ3v) is 1.87. The van der Waals surface area contributed by atoms with Gasteiger partial charge >= 0.3 is 5.69 Å². The number of hydrogen-bond acceptors (Lipinski definition) is 3. The maximum atomic E-state index is 10.6. The Hall–Kier alpha value is -1.10. The molecule has 1 fully saturated rings. The van der Waals surface area contributed by atoms with Gasteiger partial charge in [-0.3, -0.25) is 9.88 Å². The normalized spacial score (nSPS) is 18.2. The summed E-state index contributed by atoms with van der Waals surface area (Å²) in [6.45, 7) is 3.00. The topological polar surface area (TPSA) is 64.8 Å². The highest BCUT2D eigenvalue weighted by molar-refractivity contribution is 4.83. The second-order valence-corrected chi connectivity index (χ2v) is 2.75. The zero-order chi connectivity index (χ0) is 7.68. The molecule has 2 rings (SSSR count). The van der Waals surface area contributed by atoms with Gasteiger partial charge < -0.3 is 0 Å². The Morgan fingerprint density at radius 3 is 2.82 bits per heavy atom. The van der Waals surface area contributed by atoms with E-state index in [0.29, 0.717) is 0 Å². The Morgan fingerprint density at radius 1 is 1.55 bits per heavy atom. The lowest BCUT2D eigenvalue weighted by molar-refractivity contribution is 0.168. The van der Waals surface area contributed by atoms with Crippen LogP contribution in [0.4, 0.5) is 0 Å². The van der Waals surface area contributed by atoms with E-state index in [0.717, 1.165) is 25.5 Å². The van der Waals surface area contributed by atoms with Crippen molar-refractivity contribution >= 4 is 0 Å². The zero-order valence-electron chi connectivity index (χ0n) is 6.13. The Morgan fingerprint density at radius 2 is 2.36 bits per heavy atom. The molecule has 11 heavy (non-hydrogen) atoms. The Labute approximate surface area is 63.4 Å². The van der Waals surface area contributed by atoms with E-state index in [1.807, 2.05) is 0 Å². The maximum absolute atomic E-state index is 10.6. The van der Waals surface area contributed by atoms with E-state index in [1.165, 1.54) is 6.42 Å². The van der Waals surface area contributed by atoms with Gasteiger partial charge in [-0.1, -0.05) is 0 Å². The lowest BCUT2D eigenvalue weighted by Crippen LogP contribution is -2.36. The first-order chi connectivity index (χ1) is 5.34. The number of nitrogens with one attached hydrogen (secondary N) is 2. The van der Waals surface area contributed by atoms with E-state index in [4.69, 9.17) is 0 Å². The number of rotatable bonds is 2. The molecule has 60 valence electrons. The molecule has 5 heteroatoms. The minimum absolute atomic E-state index is 0.222. The first-order valence-electron chi connectivity index (χ1n) is 3.70. The second-order valence-electron chi connectivity index (χ2n) is 2.75. The third-order valence-electron chi connectivity index (χ3n) is 1.87. The molecule has 2 N–H and O–H groups in total. The van der Waals surface area contributed by atoms with E-state index >= 15 is 0 Å². The van der Waals surface area contributed by atoms with Crippen molar-refractivity contribution in [1.82, 2.24) is 20.1 Å². The first-order valence-corrected chi connectivity index (χ1v) is 3.70. The molecule has 0 aromatic carbocycles. The zero-order valence-corrected chi connectivity index (χ0v) is 6.13. The number of nitrogens with zero attached hydrogens (tertiary/aromatic N) is 2. The monoisotopic (exact) mass is 154 g/mol. The summed E-state index contributed by atoms with van der Waals surface area (Å²) in [5.41, 5.74) is -0.222. The van der Waals surface area contributed by atoms with Gasteiger partial charge in [-0.15, -0.1) is 0 Å². The van der Waals surface area contributed by atoms with E-state index in [9.17, 15) is 4.79 Å². The van der Waals surface area contributed by atoms with Crippen LogP contribution in [0.3, 0.4) is 0 Å². The fourth-order valence-electron chi connectivity index (χ4n) is 1.13. The molecular weight excluding hydrogens is 144 g/mol. The van der Waals surface area contributed by atoms with Gasteiger partial charge in [0.2, 0.25) is 0 Å². The van der Waals surface area contributed by atoms with Crippen molar-refractivity contribution in [3.63, 3.8) is 0 Å². The largest absolute Gasteiger partial charge is 0.340 e. The molecule has 2 heterocycles. The summed E-state index contributed by atoms with van der Waals surface area (Å²) in [5, 5.41) is 6.14. The number of likely N-dealkylation sites (tertiary alicyclic amines) is 1. The van der Waals surface area contributed by atoms with Gasteiger partial charge in [0.05, 0.1) is 6.54 Å². The number of aromatic nitrogens is 3. The van der Waals surface area contributed by atoms with Crippen LogP contribution in [0.25, 0.3) is 0 Å². The molecule has 0 bridgehead atoms. The van der Waals surface area contributed by atoms with Gasteiger partial charge in [0.15, 0.2) is 0 Å². The molecule has 0 aliphatic carbocycles. The van der Waals surface area contributed by atoms with Crippen molar-refractivity contribution in [2.24, 2.45) is 0 Å². The molecule has 1 aromatic rings. The Balaban J connectivity index is 2.00. The quantitative estimate of drug-likeness (QED) is 0.592. The van der Waals surface area contributed by atoms with Crippen LogP contribution in [0, 0.1) is 0 Å². The Bertz CT molecular complexity index is 285. The summed E-state index contributed by atoms with van der Waals surface area (Å²) in [6, 6.07) is 0. The molecule has 1 aromatic heterocycles. The van der Waals surface area contributed by atoms with Crippen molar-refractivity contribution in [2.75, 3.05) is 13.1 Å². The highest BCUT2D eigenvalue weighted by atomic mass is 16.1. The summed E-state index contributed by atoms with van der Waals surface area (Å²) in [5.74, 6) is 0.731. The average Bonchev–Trinajstić information content (AvgIpc) is 2.27. The van der Waals surface area contributed by atoms with E-state index in [2.05, 4.69) is 20.1 Å².